The molecule has 0 aliphatic carbocycles. The molecule has 31 heavy (non-hydrogen) atoms. The molecule has 3 rings (SSSR count). The van der Waals surface area contributed by atoms with Crippen molar-refractivity contribution in [1.29, 1.82) is 0 Å². The SMILES string of the molecule is CCCN(CC(=O)Nc1ccccc1C)C(=O)c1ccc2nc(CC)c(CC)nc2c1. The Morgan fingerprint density at radius 1 is 0.935 bits per heavy atom. The first-order valence-electron chi connectivity index (χ1n) is 10.9. The number of aryl methyl sites for hydroxylation is 3. The van der Waals surface area contributed by atoms with Crippen LogP contribution in [0.3, 0.4) is 0 Å². The normalized spacial score (nSPS) is 10.8. The lowest BCUT2D eigenvalue weighted by atomic mass is 10.1. The molecule has 0 bridgehead atoms. The topological polar surface area (TPSA) is 75.2 Å². The van der Waals surface area contributed by atoms with Crippen LogP contribution in [0.1, 0.15) is 54.5 Å². The summed E-state index contributed by atoms with van der Waals surface area (Å²) >= 11 is 0. The number of fused-ring (bicyclic) bond motifs is 1. The number of nitrogens with one attached hydrogen (secondary N) is 1. The standard InChI is InChI=1S/C25H30N4O2/c1-5-14-29(16-24(30)28-21-11-9-8-10-17(21)4)25(31)18-12-13-22-23(15-18)27-20(7-3)19(6-2)26-22/h8-13,15H,5-7,14,16H2,1-4H3,(H,28,30). The Hall–Kier alpha value is -3.28. The van der Waals surface area contributed by atoms with Crippen molar-refractivity contribution in [2.75, 3.05) is 18.4 Å². The number of hydrogen-bond donors (Lipinski definition) is 1. The Bertz CT molecular complexity index is 1090. The Balaban J connectivity index is 1.82. The van der Waals surface area contributed by atoms with Crippen molar-refractivity contribution in [2.45, 2.75) is 47.0 Å². The Morgan fingerprint density at radius 3 is 2.26 bits per heavy atom. The lowest BCUT2D eigenvalue weighted by Gasteiger charge is -2.22. The zero-order valence-electron chi connectivity index (χ0n) is 18.7. The molecule has 2 amide bonds. The molecule has 0 aliphatic rings. The summed E-state index contributed by atoms with van der Waals surface area (Å²) in [6, 6.07) is 13.0. The zero-order chi connectivity index (χ0) is 22.4. The maximum atomic E-state index is 13.2. The van der Waals surface area contributed by atoms with Crippen molar-refractivity contribution >= 4 is 28.5 Å². The number of carbonyl (C=O) groups excluding carboxylic acids is 2. The van der Waals surface area contributed by atoms with Gasteiger partial charge in [-0.05, 0) is 56.0 Å². The molecule has 0 saturated heterocycles. The van der Waals surface area contributed by atoms with Gasteiger partial charge in [0.1, 0.15) is 6.54 Å². The van der Waals surface area contributed by atoms with Crippen molar-refractivity contribution < 1.29 is 9.59 Å². The third-order valence-electron chi connectivity index (χ3n) is 5.27. The number of carbonyl (C=O) groups is 2. The van der Waals surface area contributed by atoms with Gasteiger partial charge in [-0.25, -0.2) is 9.97 Å². The summed E-state index contributed by atoms with van der Waals surface area (Å²) < 4.78 is 0. The van der Waals surface area contributed by atoms with E-state index in [0.717, 1.165) is 47.4 Å². The summed E-state index contributed by atoms with van der Waals surface area (Å²) in [7, 11) is 0. The molecule has 162 valence electrons. The molecule has 1 N–H and O–H groups in total. The molecule has 0 spiro atoms. The maximum Gasteiger partial charge on any atom is 0.254 e. The van der Waals surface area contributed by atoms with Gasteiger partial charge < -0.3 is 10.2 Å². The van der Waals surface area contributed by atoms with E-state index in [1.807, 2.05) is 44.2 Å². The van der Waals surface area contributed by atoms with E-state index in [1.54, 1.807) is 17.0 Å². The van der Waals surface area contributed by atoms with Crippen LogP contribution in [0.25, 0.3) is 11.0 Å². The van der Waals surface area contributed by atoms with Gasteiger partial charge in [-0.2, -0.15) is 0 Å². The molecule has 6 nitrogen and oxygen atoms in total. The van der Waals surface area contributed by atoms with Crippen LogP contribution in [0, 0.1) is 6.92 Å². The van der Waals surface area contributed by atoms with E-state index >= 15 is 0 Å². The fourth-order valence-electron chi connectivity index (χ4n) is 3.61. The highest BCUT2D eigenvalue weighted by Crippen LogP contribution is 2.18. The lowest BCUT2D eigenvalue weighted by molar-refractivity contribution is -0.116. The quantitative estimate of drug-likeness (QED) is 0.582. The summed E-state index contributed by atoms with van der Waals surface area (Å²) in [6.07, 6.45) is 2.38. The van der Waals surface area contributed by atoms with E-state index in [1.165, 1.54) is 0 Å². The number of aromatic nitrogens is 2. The van der Waals surface area contributed by atoms with Gasteiger partial charge in [-0.1, -0.05) is 39.0 Å². The van der Waals surface area contributed by atoms with Crippen LogP contribution in [0.4, 0.5) is 5.69 Å². The van der Waals surface area contributed by atoms with Gasteiger partial charge in [0.2, 0.25) is 5.91 Å². The van der Waals surface area contributed by atoms with Gasteiger partial charge in [0.25, 0.3) is 5.91 Å². The van der Waals surface area contributed by atoms with E-state index in [9.17, 15) is 9.59 Å². The zero-order valence-corrected chi connectivity index (χ0v) is 18.7. The molecule has 0 unspecified atom stereocenters. The van der Waals surface area contributed by atoms with Crippen molar-refractivity contribution in [3.05, 3.63) is 65.0 Å². The van der Waals surface area contributed by atoms with E-state index in [-0.39, 0.29) is 18.4 Å². The van der Waals surface area contributed by atoms with Gasteiger partial charge in [0.15, 0.2) is 0 Å². The van der Waals surface area contributed by atoms with E-state index < -0.39 is 0 Å². The molecule has 3 aromatic rings. The molecule has 6 heteroatoms. The molecule has 0 radical (unpaired) electrons. The van der Waals surface area contributed by atoms with Crippen LogP contribution < -0.4 is 5.32 Å². The summed E-state index contributed by atoms with van der Waals surface area (Å²) in [5.74, 6) is -0.388. The molecule has 0 saturated carbocycles. The van der Waals surface area contributed by atoms with Crippen molar-refractivity contribution in [2.24, 2.45) is 0 Å². The molecule has 1 aromatic heterocycles. The van der Waals surface area contributed by atoms with E-state index in [2.05, 4.69) is 19.2 Å². The predicted molar refractivity (Wildman–Crippen MR) is 124 cm³/mol. The fourth-order valence-corrected chi connectivity index (χ4v) is 3.61. The molecular formula is C25H30N4O2. The van der Waals surface area contributed by atoms with Gasteiger partial charge in [-0.3, -0.25) is 9.59 Å². The second-order valence-corrected chi connectivity index (χ2v) is 7.62. The van der Waals surface area contributed by atoms with Gasteiger partial charge in [0.05, 0.1) is 22.4 Å². The molecular weight excluding hydrogens is 388 g/mol. The van der Waals surface area contributed by atoms with Crippen LogP contribution in [0.2, 0.25) is 0 Å². The van der Waals surface area contributed by atoms with E-state index in [4.69, 9.17) is 9.97 Å². The lowest BCUT2D eigenvalue weighted by Crippen LogP contribution is -2.38. The largest absolute Gasteiger partial charge is 0.329 e. The minimum absolute atomic E-state index is 0.000292. The molecule has 0 aliphatic heterocycles. The van der Waals surface area contributed by atoms with Gasteiger partial charge >= 0.3 is 0 Å². The minimum Gasteiger partial charge on any atom is -0.329 e. The third kappa shape index (κ3) is 5.26. The first-order valence-corrected chi connectivity index (χ1v) is 10.9. The highest BCUT2D eigenvalue weighted by molar-refractivity contribution is 6.01. The first kappa shape index (κ1) is 22.4. The smallest absolute Gasteiger partial charge is 0.254 e. The maximum absolute atomic E-state index is 13.2. The Labute approximate surface area is 183 Å². The third-order valence-corrected chi connectivity index (χ3v) is 5.27. The van der Waals surface area contributed by atoms with Crippen LogP contribution in [0.15, 0.2) is 42.5 Å². The second-order valence-electron chi connectivity index (χ2n) is 7.62. The Kier molecular flexibility index (Phi) is 7.34. The van der Waals surface area contributed by atoms with Crippen LogP contribution in [-0.2, 0) is 17.6 Å². The summed E-state index contributed by atoms with van der Waals surface area (Å²) in [5.41, 5.74) is 5.71. The van der Waals surface area contributed by atoms with Crippen LogP contribution in [-0.4, -0.2) is 39.8 Å². The predicted octanol–water partition coefficient (Wildman–Crippen LogP) is 4.55. The minimum atomic E-state index is -0.211. The molecule has 0 atom stereocenters. The van der Waals surface area contributed by atoms with Crippen molar-refractivity contribution in [1.82, 2.24) is 14.9 Å². The van der Waals surface area contributed by atoms with E-state index in [0.29, 0.717) is 17.6 Å². The van der Waals surface area contributed by atoms with Gasteiger partial charge in [0, 0.05) is 17.8 Å². The number of nitrogens with zero attached hydrogens (tertiary/aromatic N) is 3. The van der Waals surface area contributed by atoms with Crippen molar-refractivity contribution in [3.63, 3.8) is 0 Å². The molecule has 1 heterocycles. The number of anilines is 1. The number of amides is 2. The molecule has 0 fully saturated rings. The van der Waals surface area contributed by atoms with Crippen LogP contribution >= 0.6 is 0 Å². The average molecular weight is 419 g/mol. The second kappa shape index (κ2) is 10.2. The van der Waals surface area contributed by atoms with Crippen molar-refractivity contribution in [3.8, 4) is 0 Å². The highest BCUT2D eigenvalue weighted by atomic mass is 16.2. The highest BCUT2D eigenvalue weighted by Gasteiger charge is 2.19. The summed E-state index contributed by atoms with van der Waals surface area (Å²) in [6.45, 7) is 8.55. The Morgan fingerprint density at radius 2 is 1.61 bits per heavy atom. The first-order chi connectivity index (χ1) is 15.0. The monoisotopic (exact) mass is 418 g/mol. The van der Waals surface area contributed by atoms with Crippen LogP contribution in [0.5, 0.6) is 0 Å². The number of hydrogen-bond acceptors (Lipinski definition) is 4. The average Bonchev–Trinajstić information content (AvgIpc) is 2.78. The summed E-state index contributed by atoms with van der Waals surface area (Å²) in [5, 5.41) is 2.91. The molecule has 2 aromatic carbocycles. The van der Waals surface area contributed by atoms with Gasteiger partial charge in [-0.15, -0.1) is 0 Å². The number of rotatable bonds is 8. The number of benzene rings is 2. The number of para-hydroxylation sites is 1. The summed E-state index contributed by atoms with van der Waals surface area (Å²) in [4.78, 5) is 36.8. The fraction of sp³-hybridized carbons (Fsp3) is 0.360.